The molecule has 6 nitrogen and oxygen atoms in total. The fourth-order valence-electron chi connectivity index (χ4n) is 2.16. The number of aliphatic hydroxyl groups is 1. The maximum absolute atomic E-state index is 11.9. The van der Waals surface area contributed by atoms with E-state index in [1.54, 1.807) is 0 Å². The second kappa shape index (κ2) is 7.02. The molecule has 0 amide bonds. The third kappa shape index (κ3) is 4.80. The van der Waals surface area contributed by atoms with Crippen molar-refractivity contribution in [2.24, 2.45) is 0 Å². The topological polar surface area (TPSA) is 92.7 Å². The number of carbonyl (C=O) groups excluding carboxylic acids is 1. The number of unbranched alkanes of at least 4 members (excludes halogenated alkanes) is 1. The van der Waals surface area contributed by atoms with Gasteiger partial charge in [-0.2, -0.15) is 4.72 Å². The Morgan fingerprint density at radius 1 is 1.24 bits per heavy atom. The van der Waals surface area contributed by atoms with E-state index in [1.807, 2.05) is 30.3 Å². The van der Waals surface area contributed by atoms with Crippen LogP contribution in [0.25, 0.3) is 0 Å². The van der Waals surface area contributed by atoms with E-state index in [4.69, 9.17) is 0 Å². The minimum Gasteiger partial charge on any atom is -0.462 e. The summed E-state index contributed by atoms with van der Waals surface area (Å²) < 4.78 is 30.5. The summed E-state index contributed by atoms with van der Waals surface area (Å²) in [6.45, 7) is -0.167. The van der Waals surface area contributed by atoms with E-state index in [-0.39, 0.29) is 12.4 Å². The Labute approximate surface area is 124 Å². The molecule has 21 heavy (non-hydrogen) atoms. The van der Waals surface area contributed by atoms with Gasteiger partial charge < -0.3 is 9.84 Å². The van der Waals surface area contributed by atoms with E-state index in [0.717, 1.165) is 18.4 Å². The molecule has 1 heterocycles. The average Bonchev–Trinajstić information content (AvgIpc) is 2.76. The summed E-state index contributed by atoms with van der Waals surface area (Å²) in [5, 5.41) is 9.47. The van der Waals surface area contributed by atoms with Gasteiger partial charge in [0.15, 0.2) is 0 Å². The van der Waals surface area contributed by atoms with Crippen LogP contribution in [-0.4, -0.2) is 44.0 Å². The Hall–Kier alpha value is -1.44. The van der Waals surface area contributed by atoms with Crippen LogP contribution in [-0.2, 0) is 26.0 Å². The third-order valence-electron chi connectivity index (χ3n) is 3.31. The Kier molecular flexibility index (Phi) is 5.33. The summed E-state index contributed by atoms with van der Waals surface area (Å²) in [5.41, 5.74) is 1.16. The molecular formula is C14H19NO5S. The third-order valence-corrected chi connectivity index (χ3v) is 4.75. The quantitative estimate of drug-likeness (QED) is 0.555. The zero-order valence-electron chi connectivity index (χ0n) is 11.6. The van der Waals surface area contributed by atoms with E-state index in [0.29, 0.717) is 6.42 Å². The summed E-state index contributed by atoms with van der Waals surface area (Å²) in [5.74, 6) is -0.800. The monoisotopic (exact) mass is 313 g/mol. The van der Waals surface area contributed by atoms with Gasteiger partial charge in [0.2, 0.25) is 10.0 Å². The number of ether oxygens (including phenoxy) is 1. The van der Waals surface area contributed by atoms with Crippen molar-refractivity contribution in [3.63, 3.8) is 0 Å². The standard InChI is InChI=1S/C14H19NO5S/c16-12-10-20-14(17)13(12)15-21(18,19)9-5-4-8-11-6-2-1-3-7-11/h1-3,6-7,12-13,15-16H,4-5,8-10H2. The van der Waals surface area contributed by atoms with Gasteiger partial charge in [0.25, 0.3) is 0 Å². The molecule has 0 spiro atoms. The lowest BCUT2D eigenvalue weighted by atomic mass is 10.1. The molecule has 1 aromatic rings. The minimum atomic E-state index is -3.60. The Balaban J connectivity index is 1.75. The second-order valence-electron chi connectivity index (χ2n) is 5.05. The molecule has 1 saturated heterocycles. The van der Waals surface area contributed by atoms with Gasteiger partial charge >= 0.3 is 5.97 Å². The van der Waals surface area contributed by atoms with E-state index in [1.165, 1.54) is 0 Å². The molecule has 0 aromatic heterocycles. The van der Waals surface area contributed by atoms with Crippen molar-refractivity contribution in [3.05, 3.63) is 35.9 Å². The van der Waals surface area contributed by atoms with E-state index >= 15 is 0 Å². The molecule has 1 aliphatic rings. The van der Waals surface area contributed by atoms with Gasteiger partial charge in [-0.25, -0.2) is 8.42 Å². The highest BCUT2D eigenvalue weighted by atomic mass is 32.2. The first-order chi connectivity index (χ1) is 9.98. The second-order valence-corrected chi connectivity index (χ2v) is 6.93. The number of rotatable bonds is 7. The number of sulfonamides is 1. The number of nitrogens with one attached hydrogen (secondary N) is 1. The summed E-state index contributed by atoms with van der Waals surface area (Å²) in [6, 6.07) is 8.64. The summed E-state index contributed by atoms with van der Waals surface area (Å²) in [6.07, 6.45) is 0.923. The van der Waals surface area contributed by atoms with Crippen LogP contribution in [0, 0.1) is 0 Å². The Morgan fingerprint density at radius 2 is 1.95 bits per heavy atom. The fraction of sp³-hybridized carbons (Fsp3) is 0.500. The van der Waals surface area contributed by atoms with Crippen molar-refractivity contribution in [3.8, 4) is 0 Å². The zero-order valence-corrected chi connectivity index (χ0v) is 12.4. The Morgan fingerprint density at radius 3 is 2.57 bits per heavy atom. The van der Waals surface area contributed by atoms with Crippen LogP contribution in [0.1, 0.15) is 18.4 Å². The lowest BCUT2D eigenvalue weighted by Gasteiger charge is -2.12. The van der Waals surface area contributed by atoms with Gasteiger partial charge in [-0.15, -0.1) is 0 Å². The first kappa shape index (κ1) is 15.9. The van der Waals surface area contributed by atoms with Crippen molar-refractivity contribution in [2.75, 3.05) is 12.4 Å². The van der Waals surface area contributed by atoms with Gasteiger partial charge in [-0.05, 0) is 24.8 Å². The largest absolute Gasteiger partial charge is 0.462 e. The van der Waals surface area contributed by atoms with Gasteiger partial charge in [0.05, 0.1) is 5.75 Å². The van der Waals surface area contributed by atoms with E-state index in [2.05, 4.69) is 9.46 Å². The summed E-state index contributed by atoms with van der Waals surface area (Å²) >= 11 is 0. The molecule has 0 saturated carbocycles. The van der Waals surface area contributed by atoms with E-state index in [9.17, 15) is 18.3 Å². The van der Waals surface area contributed by atoms with Gasteiger partial charge in [-0.3, -0.25) is 4.79 Å². The molecular weight excluding hydrogens is 294 g/mol. The molecule has 2 rings (SSSR count). The number of hydrogen-bond acceptors (Lipinski definition) is 5. The zero-order chi connectivity index (χ0) is 15.3. The maximum Gasteiger partial charge on any atom is 0.327 e. The van der Waals surface area contributed by atoms with Crippen LogP contribution < -0.4 is 4.72 Å². The van der Waals surface area contributed by atoms with Crippen molar-refractivity contribution in [1.82, 2.24) is 4.72 Å². The van der Waals surface area contributed by atoms with Crippen LogP contribution in [0.3, 0.4) is 0 Å². The number of benzene rings is 1. The fourth-order valence-corrected chi connectivity index (χ4v) is 3.50. The van der Waals surface area contributed by atoms with Crippen LogP contribution in [0.2, 0.25) is 0 Å². The molecule has 2 N–H and O–H groups in total. The molecule has 2 atom stereocenters. The van der Waals surface area contributed by atoms with Crippen LogP contribution in [0.5, 0.6) is 0 Å². The number of carbonyl (C=O) groups is 1. The van der Waals surface area contributed by atoms with Crippen LogP contribution in [0.15, 0.2) is 30.3 Å². The highest BCUT2D eigenvalue weighted by Crippen LogP contribution is 2.10. The molecule has 1 aromatic carbocycles. The molecule has 2 unspecified atom stereocenters. The van der Waals surface area contributed by atoms with Crippen molar-refractivity contribution < 1.29 is 23.1 Å². The summed E-state index contributed by atoms with van der Waals surface area (Å²) in [4.78, 5) is 11.3. The molecule has 1 fully saturated rings. The number of hydrogen-bond donors (Lipinski definition) is 2. The Bertz CT molecular complexity index is 572. The highest BCUT2D eigenvalue weighted by molar-refractivity contribution is 7.89. The normalized spacial score (nSPS) is 22.2. The number of esters is 1. The average molecular weight is 313 g/mol. The number of aryl methyl sites for hydroxylation is 1. The predicted octanol–water partition coefficient (Wildman–Crippen LogP) is 0.215. The summed E-state index contributed by atoms with van der Waals surface area (Å²) in [7, 11) is -3.60. The minimum absolute atomic E-state index is 0.0731. The van der Waals surface area contributed by atoms with Gasteiger partial charge in [-0.1, -0.05) is 30.3 Å². The van der Waals surface area contributed by atoms with Gasteiger partial charge in [0.1, 0.15) is 18.8 Å². The lowest BCUT2D eigenvalue weighted by molar-refractivity contribution is -0.139. The molecule has 0 bridgehead atoms. The van der Waals surface area contributed by atoms with Gasteiger partial charge in [0, 0.05) is 0 Å². The molecule has 116 valence electrons. The number of cyclic esters (lactones) is 1. The highest BCUT2D eigenvalue weighted by Gasteiger charge is 2.38. The van der Waals surface area contributed by atoms with Crippen LogP contribution >= 0.6 is 0 Å². The smallest absolute Gasteiger partial charge is 0.327 e. The van der Waals surface area contributed by atoms with Crippen LogP contribution in [0.4, 0.5) is 0 Å². The first-order valence-corrected chi connectivity index (χ1v) is 8.52. The van der Waals surface area contributed by atoms with Crippen molar-refractivity contribution >= 4 is 16.0 Å². The lowest BCUT2D eigenvalue weighted by Crippen LogP contribution is -2.45. The maximum atomic E-state index is 11.9. The van der Waals surface area contributed by atoms with Crippen molar-refractivity contribution in [1.29, 1.82) is 0 Å². The van der Waals surface area contributed by atoms with E-state index < -0.39 is 28.1 Å². The predicted molar refractivity (Wildman–Crippen MR) is 77.1 cm³/mol. The molecule has 0 aliphatic carbocycles. The number of aliphatic hydroxyl groups excluding tert-OH is 1. The molecule has 0 radical (unpaired) electrons. The first-order valence-electron chi connectivity index (χ1n) is 6.86. The van der Waals surface area contributed by atoms with Crippen molar-refractivity contribution in [2.45, 2.75) is 31.4 Å². The SMILES string of the molecule is O=C1OCC(O)C1NS(=O)(=O)CCCCc1ccccc1. The molecule has 7 heteroatoms. The molecule has 1 aliphatic heterocycles.